The number of esters is 1. The molecule has 13 nitrogen and oxygen atoms in total. The number of imide groups is 1. The zero-order valence-corrected chi connectivity index (χ0v) is 23.0. The average molecular weight is 575 g/mol. The molecule has 0 atom stereocenters. The predicted molar refractivity (Wildman–Crippen MR) is 151 cm³/mol. The van der Waals surface area contributed by atoms with Crippen molar-refractivity contribution in [3.05, 3.63) is 65.5 Å². The van der Waals surface area contributed by atoms with Crippen molar-refractivity contribution in [3.63, 3.8) is 0 Å². The molecule has 3 aromatic rings. The number of hydrogen-bond acceptors (Lipinski definition) is 9. The summed E-state index contributed by atoms with van der Waals surface area (Å²) >= 11 is 0. The van der Waals surface area contributed by atoms with Crippen molar-refractivity contribution < 1.29 is 33.4 Å². The number of nitrogens with zero attached hydrogens (tertiary/aromatic N) is 4. The highest BCUT2D eigenvalue weighted by Gasteiger charge is 2.35. The maximum Gasteiger partial charge on any atom is 0.320 e. The molecule has 2 aromatic carbocycles. The van der Waals surface area contributed by atoms with Gasteiger partial charge in [-0.3, -0.25) is 29.3 Å². The minimum absolute atomic E-state index is 0.0814. The van der Waals surface area contributed by atoms with Gasteiger partial charge in [0, 0.05) is 36.4 Å². The van der Waals surface area contributed by atoms with Crippen molar-refractivity contribution >= 4 is 41.0 Å². The van der Waals surface area contributed by atoms with E-state index in [4.69, 9.17) is 10.5 Å². The fraction of sp³-hybridized carbons (Fsp3) is 0.310. The Balaban J connectivity index is 1.45. The number of nitrogens with two attached hydrogens (primary N) is 1. The van der Waals surface area contributed by atoms with Gasteiger partial charge in [-0.05, 0) is 67.8 Å². The summed E-state index contributed by atoms with van der Waals surface area (Å²) in [5.74, 6) is -2.19. The first-order chi connectivity index (χ1) is 20.3. The van der Waals surface area contributed by atoms with Gasteiger partial charge in [0.05, 0.1) is 19.3 Å². The van der Waals surface area contributed by atoms with Crippen molar-refractivity contribution in [3.8, 4) is 11.4 Å². The molecule has 3 heterocycles. The zero-order chi connectivity index (χ0) is 29.8. The van der Waals surface area contributed by atoms with Gasteiger partial charge >= 0.3 is 5.97 Å². The summed E-state index contributed by atoms with van der Waals surface area (Å²) in [7, 11) is 1.53. The van der Waals surface area contributed by atoms with Crippen LogP contribution in [0, 0.1) is 0 Å². The fourth-order valence-electron chi connectivity index (χ4n) is 5.02. The second kappa shape index (κ2) is 12.2. The number of fused-ring (bicyclic) bond motifs is 1. The molecule has 0 spiro atoms. The Morgan fingerprint density at radius 1 is 0.905 bits per heavy atom. The molecule has 218 valence electrons. The summed E-state index contributed by atoms with van der Waals surface area (Å²) in [5, 5.41) is 6.59. The fourth-order valence-corrected chi connectivity index (χ4v) is 5.02. The van der Waals surface area contributed by atoms with E-state index in [1.807, 2.05) is 12.1 Å². The topological polar surface area (TPSA) is 166 Å². The molecule has 0 bridgehead atoms. The number of anilines is 2. The Kier molecular flexibility index (Phi) is 8.29. The molecule has 13 heteroatoms. The minimum Gasteiger partial charge on any atom is -0.497 e. The first-order valence-electron chi connectivity index (χ1n) is 13.5. The van der Waals surface area contributed by atoms with E-state index in [0.29, 0.717) is 35.7 Å². The number of rotatable bonds is 8. The molecule has 4 amide bonds. The number of nitrogens with one attached hydrogen (secondary N) is 1. The third-order valence-corrected chi connectivity index (χ3v) is 7.13. The molecule has 0 saturated carbocycles. The largest absolute Gasteiger partial charge is 0.497 e. The van der Waals surface area contributed by atoms with Crippen LogP contribution in [-0.2, 0) is 25.5 Å². The SMILES string of the molecule is COc1ccc(-n2nc(C(=O)NC(=O)COC(=O)CN)c3c2C(=O)N(c2ccc(N4CCCCC4=O)cc2)CC3)cc1. The van der Waals surface area contributed by atoms with Crippen LogP contribution in [0.3, 0.4) is 0 Å². The molecule has 1 saturated heterocycles. The maximum absolute atomic E-state index is 13.9. The standard InChI is InChI=1S/C29H30N6O7/c1-41-21-11-9-20(10-12-21)35-27-22(26(32-35)28(39)31-23(36)17-42-25(38)16-30)13-15-34(29(27)40)19-7-5-18(6-8-19)33-14-3-2-4-24(33)37/h5-12H,2-4,13-17,30H2,1H3,(H,31,36,39). The van der Waals surface area contributed by atoms with Crippen molar-refractivity contribution in [2.75, 3.05) is 43.2 Å². The van der Waals surface area contributed by atoms with Crippen LogP contribution in [0.25, 0.3) is 5.69 Å². The van der Waals surface area contributed by atoms with Crippen molar-refractivity contribution in [2.24, 2.45) is 5.73 Å². The van der Waals surface area contributed by atoms with Gasteiger partial charge in [0.2, 0.25) is 5.91 Å². The van der Waals surface area contributed by atoms with E-state index >= 15 is 0 Å². The van der Waals surface area contributed by atoms with Gasteiger partial charge < -0.3 is 25.0 Å². The molecule has 2 aliphatic rings. The number of methoxy groups -OCH3 is 1. The number of amides is 4. The van der Waals surface area contributed by atoms with E-state index in [9.17, 15) is 24.0 Å². The highest BCUT2D eigenvalue weighted by molar-refractivity contribution is 6.11. The van der Waals surface area contributed by atoms with Crippen LogP contribution in [0.4, 0.5) is 11.4 Å². The number of benzene rings is 2. The third-order valence-electron chi connectivity index (χ3n) is 7.13. The average Bonchev–Trinajstić information content (AvgIpc) is 3.41. The van der Waals surface area contributed by atoms with Gasteiger partial charge in [-0.2, -0.15) is 5.10 Å². The lowest BCUT2D eigenvalue weighted by Gasteiger charge is -2.29. The van der Waals surface area contributed by atoms with E-state index in [-0.39, 0.29) is 36.2 Å². The second-order valence-electron chi connectivity index (χ2n) is 9.75. The molecule has 0 radical (unpaired) electrons. The Labute approximate surface area is 241 Å². The lowest BCUT2D eigenvalue weighted by Crippen LogP contribution is -2.40. The summed E-state index contributed by atoms with van der Waals surface area (Å²) in [6, 6.07) is 14.0. The number of ether oxygens (including phenoxy) is 2. The molecule has 1 fully saturated rings. The quantitative estimate of drug-likeness (QED) is 0.378. The van der Waals surface area contributed by atoms with Crippen molar-refractivity contribution in [1.29, 1.82) is 0 Å². The smallest absolute Gasteiger partial charge is 0.320 e. The molecule has 42 heavy (non-hydrogen) atoms. The van der Waals surface area contributed by atoms with Crippen LogP contribution in [0.5, 0.6) is 5.75 Å². The van der Waals surface area contributed by atoms with Crippen LogP contribution in [0.1, 0.15) is 45.8 Å². The van der Waals surface area contributed by atoms with Gasteiger partial charge in [-0.1, -0.05) is 0 Å². The molecule has 0 aliphatic carbocycles. The highest BCUT2D eigenvalue weighted by atomic mass is 16.5. The first-order valence-corrected chi connectivity index (χ1v) is 13.5. The van der Waals surface area contributed by atoms with E-state index in [1.54, 1.807) is 46.2 Å². The summed E-state index contributed by atoms with van der Waals surface area (Å²) in [4.78, 5) is 66.3. The second-order valence-corrected chi connectivity index (χ2v) is 9.75. The summed E-state index contributed by atoms with van der Waals surface area (Å²) in [6.45, 7) is -0.175. The van der Waals surface area contributed by atoms with Gasteiger partial charge in [0.25, 0.3) is 17.7 Å². The van der Waals surface area contributed by atoms with Gasteiger partial charge in [-0.25, -0.2) is 4.68 Å². The predicted octanol–water partition coefficient (Wildman–Crippen LogP) is 1.36. The number of carbonyl (C=O) groups excluding carboxylic acids is 5. The minimum atomic E-state index is -0.856. The van der Waals surface area contributed by atoms with Crippen LogP contribution in [0.2, 0.25) is 0 Å². The zero-order valence-electron chi connectivity index (χ0n) is 23.0. The first kappa shape index (κ1) is 28.5. The van der Waals surface area contributed by atoms with Crippen molar-refractivity contribution in [2.45, 2.75) is 25.7 Å². The van der Waals surface area contributed by atoms with E-state index in [1.165, 1.54) is 11.8 Å². The van der Waals surface area contributed by atoms with Crippen molar-refractivity contribution in [1.82, 2.24) is 15.1 Å². The van der Waals surface area contributed by atoms with E-state index in [2.05, 4.69) is 15.2 Å². The number of hydrogen-bond donors (Lipinski definition) is 2. The molecular weight excluding hydrogens is 544 g/mol. The monoisotopic (exact) mass is 574 g/mol. The lowest BCUT2D eigenvalue weighted by molar-refractivity contribution is -0.146. The molecule has 0 unspecified atom stereocenters. The Morgan fingerprint density at radius 2 is 1.57 bits per heavy atom. The Bertz CT molecular complexity index is 1530. The van der Waals surface area contributed by atoms with Crippen LogP contribution >= 0.6 is 0 Å². The Hall–Kier alpha value is -5.04. The number of carbonyl (C=O) groups is 5. The summed E-state index contributed by atoms with van der Waals surface area (Å²) in [6.07, 6.45) is 2.62. The van der Waals surface area contributed by atoms with Crippen LogP contribution < -0.4 is 25.6 Å². The lowest BCUT2D eigenvalue weighted by atomic mass is 10.0. The highest BCUT2D eigenvalue weighted by Crippen LogP contribution is 2.31. The van der Waals surface area contributed by atoms with E-state index < -0.39 is 30.9 Å². The molecule has 1 aromatic heterocycles. The maximum atomic E-state index is 13.9. The van der Waals surface area contributed by atoms with Crippen LogP contribution in [-0.4, -0.2) is 72.7 Å². The molecule has 2 aliphatic heterocycles. The third kappa shape index (κ3) is 5.72. The number of aromatic nitrogens is 2. The summed E-state index contributed by atoms with van der Waals surface area (Å²) in [5.41, 5.74) is 7.54. The molecule has 3 N–H and O–H groups in total. The normalized spacial score (nSPS) is 14.8. The van der Waals surface area contributed by atoms with Gasteiger partial charge in [0.15, 0.2) is 12.3 Å². The molecular formula is C29H30N6O7. The number of piperidine rings is 1. The Morgan fingerprint density at radius 3 is 2.21 bits per heavy atom. The van der Waals surface area contributed by atoms with E-state index in [0.717, 1.165) is 18.5 Å². The van der Waals surface area contributed by atoms with Gasteiger partial charge in [-0.15, -0.1) is 0 Å². The molecule has 5 rings (SSSR count). The van der Waals surface area contributed by atoms with Crippen LogP contribution in [0.15, 0.2) is 48.5 Å². The van der Waals surface area contributed by atoms with Gasteiger partial charge in [0.1, 0.15) is 11.4 Å². The summed E-state index contributed by atoms with van der Waals surface area (Å²) < 4.78 is 11.3.